The predicted octanol–water partition coefficient (Wildman–Crippen LogP) is 4.93. The third-order valence-electron chi connectivity index (χ3n) is 5.57. The van der Waals surface area contributed by atoms with Crippen molar-refractivity contribution in [2.45, 2.75) is 37.5 Å². The lowest BCUT2D eigenvalue weighted by Gasteiger charge is -2.24. The minimum absolute atomic E-state index is 0.0573. The molecule has 180 valence electrons. The van der Waals surface area contributed by atoms with E-state index in [1.807, 2.05) is 0 Å². The monoisotopic (exact) mass is 481 g/mol. The van der Waals surface area contributed by atoms with Crippen molar-refractivity contribution in [3.8, 4) is 17.1 Å². The molecule has 7 nitrogen and oxygen atoms in total. The molecule has 1 aliphatic carbocycles. The van der Waals surface area contributed by atoms with Gasteiger partial charge in [-0.05, 0) is 35.2 Å². The molecule has 1 heterocycles. The number of nitrogens with zero attached hydrogens (tertiary/aromatic N) is 4. The van der Waals surface area contributed by atoms with Crippen LogP contribution in [0.4, 0.5) is 27.6 Å². The number of carbonyl (C=O) groups is 1. The maximum atomic E-state index is 14.0. The van der Waals surface area contributed by atoms with Gasteiger partial charge < -0.3 is 10.1 Å². The molecule has 4 rings (SSSR count). The molecule has 2 atom stereocenters. The van der Waals surface area contributed by atoms with Crippen LogP contribution < -0.4 is 10.1 Å². The number of aromatic nitrogens is 4. The fourth-order valence-electron chi connectivity index (χ4n) is 4.14. The van der Waals surface area contributed by atoms with Gasteiger partial charge in [-0.2, -0.15) is 4.80 Å². The van der Waals surface area contributed by atoms with Crippen LogP contribution in [-0.2, 0) is 11.8 Å². The topological polar surface area (TPSA) is 81.9 Å². The molecule has 0 aliphatic heterocycles. The number of tetrazole rings is 1. The van der Waals surface area contributed by atoms with Gasteiger partial charge in [-0.3, -0.25) is 4.79 Å². The highest BCUT2D eigenvalue weighted by Gasteiger charge is 2.45. The first-order chi connectivity index (χ1) is 16.0. The van der Waals surface area contributed by atoms with E-state index in [9.17, 15) is 26.7 Å². The Morgan fingerprint density at radius 1 is 1.21 bits per heavy atom. The molecule has 0 saturated heterocycles. The van der Waals surface area contributed by atoms with Crippen LogP contribution >= 0.6 is 0 Å². The first kappa shape index (κ1) is 23.6. The predicted molar refractivity (Wildman–Crippen MR) is 111 cm³/mol. The summed E-state index contributed by atoms with van der Waals surface area (Å²) in [5.74, 6) is -5.21. The average Bonchev–Trinajstić information content (AvgIpc) is 3.33. The van der Waals surface area contributed by atoms with Gasteiger partial charge in [-0.1, -0.05) is 30.3 Å². The van der Waals surface area contributed by atoms with E-state index in [1.54, 1.807) is 31.3 Å². The van der Waals surface area contributed by atoms with E-state index in [1.165, 1.54) is 16.9 Å². The Morgan fingerprint density at radius 2 is 1.94 bits per heavy atom. The molecule has 1 aromatic heterocycles. The van der Waals surface area contributed by atoms with E-state index in [-0.39, 0.29) is 18.5 Å². The maximum Gasteiger partial charge on any atom is 0.573 e. The smallest absolute Gasteiger partial charge is 0.406 e. The number of amides is 1. The Bertz CT molecular complexity index is 1160. The van der Waals surface area contributed by atoms with Gasteiger partial charge in [0.2, 0.25) is 17.7 Å². The summed E-state index contributed by atoms with van der Waals surface area (Å²) in [6.07, 6.45) is -5.55. The van der Waals surface area contributed by atoms with Crippen LogP contribution in [0.25, 0.3) is 11.4 Å². The van der Waals surface area contributed by atoms with Gasteiger partial charge in [0.15, 0.2) is 0 Å². The highest BCUT2D eigenvalue weighted by atomic mass is 19.4. The molecule has 0 bridgehead atoms. The number of anilines is 1. The lowest BCUT2D eigenvalue weighted by Crippen LogP contribution is -2.27. The number of aryl methyl sites for hydroxylation is 1. The lowest BCUT2D eigenvalue weighted by molar-refractivity contribution is -0.274. The lowest BCUT2D eigenvalue weighted by atomic mass is 9.83. The number of nitrogens with one attached hydrogen (secondary N) is 1. The largest absolute Gasteiger partial charge is 0.573 e. The molecule has 0 radical (unpaired) electrons. The van der Waals surface area contributed by atoms with Gasteiger partial charge >= 0.3 is 6.36 Å². The van der Waals surface area contributed by atoms with Crippen molar-refractivity contribution in [1.82, 2.24) is 20.2 Å². The molecule has 2 aromatic carbocycles. The van der Waals surface area contributed by atoms with Crippen molar-refractivity contribution in [3.63, 3.8) is 0 Å². The molecule has 3 aromatic rings. The minimum atomic E-state index is -4.89. The number of hydrogen-bond donors (Lipinski definition) is 1. The first-order valence-electron chi connectivity index (χ1n) is 10.4. The maximum absolute atomic E-state index is 14.0. The van der Waals surface area contributed by atoms with Crippen molar-refractivity contribution < 1.29 is 31.5 Å². The van der Waals surface area contributed by atoms with E-state index >= 15 is 0 Å². The Hall–Kier alpha value is -3.57. The first-order valence-corrected chi connectivity index (χ1v) is 10.4. The molecule has 34 heavy (non-hydrogen) atoms. The third-order valence-corrected chi connectivity index (χ3v) is 5.57. The molecule has 1 saturated carbocycles. The van der Waals surface area contributed by atoms with Crippen LogP contribution in [0.2, 0.25) is 0 Å². The van der Waals surface area contributed by atoms with E-state index in [2.05, 4.69) is 25.5 Å². The Balaban J connectivity index is 1.59. The Kier molecular flexibility index (Phi) is 6.24. The van der Waals surface area contributed by atoms with Gasteiger partial charge in [0, 0.05) is 30.2 Å². The van der Waals surface area contributed by atoms with E-state index < -0.39 is 42.2 Å². The quantitative estimate of drug-likeness (QED) is 0.505. The summed E-state index contributed by atoms with van der Waals surface area (Å²) in [4.78, 5) is 14.5. The standard InChI is InChI=1S/C22H20F5N5O2/c1-32-30-19(29-31-32)14-7-5-13(6-8-14)18(15-9-10-21(23,24)12-15)20(33)28-16-3-2-4-17(11-16)34-22(25,26)27/h2-8,11,15,18H,9-10,12H2,1H3,(H,28,33)/t15-,18+/m0/s1. The van der Waals surface area contributed by atoms with E-state index in [4.69, 9.17) is 0 Å². The zero-order chi connectivity index (χ0) is 24.5. The van der Waals surface area contributed by atoms with Crippen LogP contribution in [0, 0.1) is 5.92 Å². The second-order valence-electron chi connectivity index (χ2n) is 8.13. The number of carbonyl (C=O) groups excluding carboxylic acids is 1. The van der Waals surface area contributed by atoms with Crippen molar-refractivity contribution in [2.24, 2.45) is 13.0 Å². The Morgan fingerprint density at radius 3 is 2.53 bits per heavy atom. The second kappa shape index (κ2) is 8.99. The molecule has 12 heteroatoms. The van der Waals surface area contributed by atoms with Gasteiger partial charge in [0.1, 0.15) is 5.75 Å². The van der Waals surface area contributed by atoms with Gasteiger partial charge in [-0.25, -0.2) is 8.78 Å². The van der Waals surface area contributed by atoms with E-state index in [0.717, 1.165) is 12.1 Å². The summed E-state index contributed by atoms with van der Waals surface area (Å²) in [6.45, 7) is 0. The highest BCUT2D eigenvalue weighted by molar-refractivity contribution is 5.96. The fourth-order valence-corrected chi connectivity index (χ4v) is 4.14. The van der Waals surface area contributed by atoms with Crippen molar-refractivity contribution >= 4 is 11.6 Å². The van der Waals surface area contributed by atoms with Gasteiger partial charge in [-0.15, -0.1) is 23.4 Å². The molecule has 1 fully saturated rings. The summed E-state index contributed by atoms with van der Waals surface area (Å²) in [6, 6.07) is 11.4. The average molecular weight is 481 g/mol. The molecule has 1 amide bonds. The van der Waals surface area contributed by atoms with Crippen LogP contribution in [0.5, 0.6) is 5.75 Å². The molecular weight excluding hydrogens is 461 g/mol. The number of benzene rings is 2. The van der Waals surface area contributed by atoms with Crippen molar-refractivity contribution in [2.75, 3.05) is 5.32 Å². The molecule has 1 aliphatic rings. The normalized spacial score (nSPS) is 18.5. The summed E-state index contributed by atoms with van der Waals surface area (Å²) in [5, 5.41) is 14.3. The van der Waals surface area contributed by atoms with Crippen LogP contribution in [0.1, 0.15) is 30.7 Å². The highest BCUT2D eigenvalue weighted by Crippen LogP contribution is 2.46. The van der Waals surface area contributed by atoms with E-state index in [0.29, 0.717) is 17.0 Å². The van der Waals surface area contributed by atoms with Gasteiger partial charge in [0.25, 0.3) is 0 Å². The van der Waals surface area contributed by atoms with Crippen molar-refractivity contribution in [1.29, 1.82) is 0 Å². The summed E-state index contributed by atoms with van der Waals surface area (Å²) in [7, 11) is 1.61. The van der Waals surface area contributed by atoms with Crippen LogP contribution in [0.15, 0.2) is 48.5 Å². The zero-order valence-electron chi connectivity index (χ0n) is 17.9. The number of ether oxygens (including phenoxy) is 1. The number of alkyl halides is 5. The summed E-state index contributed by atoms with van der Waals surface area (Å²) < 4.78 is 69.4. The summed E-state index contributed by atoms with van der Waals surface area (Å²) >= 11 is 0. The molecule has 1 N–H and O–H groups in total. The Labute approximate surface area is 190 Å². The van der Waals surface area contributed by atoms with Crippen LogP contribution in [-0.4, -0.2) is 38.4 Å². The summed E-state index contributed by atoms with van der Waals surface area (Å²) in [5.41, 5.74) is 1.18. The zero-order valence-corrected chi connectivity index (χ0v) is 17.9. The molecule has 0 spiro atoms. The SMILES string of the molecule is Cn1nnc(-c2ccc([C@@H](C(=O)Nc3cccc(OC(F)(F)F)c3)[C@H]3CCC(F)(F)C3)cc2)n1. The molecular formula is C22H20F5N5O2. The van der Waals surface area contributed by atoms with Crippen LogP contribution in [0.3, 0.4) is 0 Å². The minimum Gasteiger partial charge on any atom is -0.406 e. The fraction of sp³-hybridized carbons (Fsp3) is 0.364. The molecule has 0 unspecified atom stereocenters. The third kappa shape index (κ3) is 5.67. The second-order valence-corrected chi connectivity index (χ2v) is 8.13. The van der Waals surface area contributed by atoms with Gasteiger partial charge in [0.05, 0.1) is 13.0 Å². The number of rotatable bonds is 6. The van der Waals surface area contributed by atoms with Crippen molar-refractivity contribution in [3.05, 3.63) is 54.1 Å². The number of halogens is 5. The number of hydrogen-bond acceptors (Lipinski definition) is 5.